The van der Waals surface area contributed by atoms with Gasteiger partial charge in [0.25, 0.3) is 10.0 Å². The summed E-state index contributed by atoms with van der Waals surface area (Å²) in [5.74, 6) is 0. The van der Waals surface area contributed by atoms with Crippen LogP contribution in [0.2, 0.25) is 4.34 Å². The van der Waals surface area contributed by atoms with Crippen LogP contribution in [-0.4, -0.2) is 15.0 Å². The van der Waals surface area contributed by atoms with E-state index in [-0.39, 0.29) is 4.21 Å². The smallest absolute Gasteiger partial charge is 0.273 e. The predicted octanol–water partition coefficient (Wildman–Crippen LogP) is 3.59. The first kappa shape index (κ1) is 15.2. The van der Waals surface area contributed by atoms with E-state index >= 15 is 0 Å². The number of halogens is 1. The number of nitrogens with two attached hydrogens (primary N) is 1. The van der Waals surface area contributed by atoms with Crippen LogP contribution in [0.4, 0.5) is 11.4 Å². The fourth-order valence-corrected chi connectivity index (χ4v) is 5.01. The minimum atomic E-state index is -3.63. The Balaban J connectivity index is 2.51. The van der Waals surface area contributed by atoms with Gasteiger partial charge in [0.2, 0.25) is 0 Å². The second kappa shape index (κ2) is 6.03. The van der Waals surface area contributed by atoms with E-state index in [4.69, 9.17) is 17.3 Å². The third-order valence-corrected chi connectivity index (χ3v) is 6.24. The van der Waals surface area contributed by atoms with Gasteiger partial charge in [0.1, 0.15) is 4.21 Å². The molecule has 20 heavy (non-hydrogen) atoms. The number of thiophene rings is 1. The molecule has 4 nitrogen and oxygen atoms in total. The van der Waals surface area contributed by atoms with Gasteiger partial charge in [0.15, 0.2) is 0 Å². The van der Waals surface area contributed by atoms with Crippen molar-refractivity contribution in [3.8, 4) is 0 Å². The van der Waals surface area contributed by atoms with Gasteiger partial charge in [-0.15, -0.1) is 11.3 Å². The van der Waals surface area contributed by atoms with E-state index in [0.717, 1.165) is 11.3 Å². The Kier molecular flexibility index (Phi) is 4.57. The van der Waals surface area contributed by atoms with Gasteiger partial charge >= 0.3 is 0 Å². The molecular formula is C13H15ClN2O2S2. The fraction of sp³-hybridized carbons (Fsp3) is 0.231. The van der Waals surface area contributed by atoms with Crippen molar-refractivity contribution in [3.05, 3.63) is 40.7 Å². The maximum absolute atomic E-state index is 12.7. The van der Waals surface area contributed by atoms with Crippen molar-refractivity contribution >= 4 is 44.3 Å². The second-order valence-corrected chi connectivity index (χ2v) is 8.00. The molecule has 7 heteroatoms. The lowest BCUT2D eigenvalue weighted by Gasteiger charge is -2.24. The van der Waals surface area contributed by atoms with Crippen LogP contribution in [-0.2, 0) is 10.0 Å². The van der Waals surface area contributed by atoms with Crippen LogP contribution >= 0.6 is 22.9 Å². The zero-order valence-electron chi connectivity index (χ0n) is 10.9. The standard InChI is InChI=1S/C13H15ClN2O2S2/c1-2-9-16(11-6-4-3-5-10(11)15)20(17,18)13-8-7-12(14)19-13/h3-8H,2,9,15H2,1H3. The molecule has 108 valence electrons. The lowest BCUT2D eigenvalue weighted by Crippen LogP contribution is -2.31. The van der Waals surface area contributed by atoms with Crippen LogP contribution in [0.25, 0.3) is 0 Å². The summed E-state index contributed by atoms with van der Waals surface area (Å²) in [7, 11) is -3.63. The molecule has 0 saturated heterocycles. The van der Waals surface area contributed by atoms with Crippen LogP contribution in [0.15, 0.2) is 40.6 Å². The summed E-state index contributed by atoms with van der Waals surface area (Å²) in [5.41, 5.74) is 6.84. The Morgan fingerprint density at radius 1 is 1.25 bits per heavy atom. The molecule has 0 atom stereocenters. The van der Waals surface area contributed by atoms with Crippen LogP contribution in [0, 0.1) is 0 Å². The Hall–Kier alpha value is -1.24. The average Bonchev–Trinajstić information content (AvgIpc) is 2.84. The number of rotatable bonds is 5. The molecule has 0 aliphatic heterocycles. The third kappa shape index (κ3) is 2.92. The van der Waals surface area contributed by atoms with E-state index in [9.17, 15) is 8.42 Å². The molecule has 0 amide bonds. The summed E-state index contributed by atoms with van der Waals surface area (Å²) in [6, 6.07) is 10.0. The first-order chi connectivity index (χ1) is 9.46. The maximum Gasteiger partial charge on any atom is 0.273 e. The molecule has 0 saturated carbocycles. The summed E-state index contributed by atoms with van der Waals surface area (Å²) >= 11 is 6.88. The second-order valence-electron chi connectivity index (χ2n) is 4.19. The molecule has 2 N–H and O–H groups in total. The number of anilines is 2. The minimum Gasteiger partial charge on any atom is -0.397 e. The molecule has 0 radical (unpaired) electrons. The van der Waals surface area contributed by atoms with Gasteiger partial charge in [-0.2, -0.15) is 0 Å². The van der Waals surface area contributed by atoms with E-state index in [0.29, 0.717) is 28.7 Å². The normalized spacial score (nSPS) is 11.5. The summed E-state index contributed by atoms with van der Waals surface area (Å²) < 4.78 is 27.4. The molecule has 0 unspecified atom stereocenters. The summed E-state index contributed by atoms with van der Waals surface area (Å²) in [6.07, 6.45) is 0.687. The lowest BCUT2D eigenvalue weighted by molar-refractivity contribution is 0.592. The highest BCUT2D eigenvalue weighted by molar-refractivity contribution is 7.94. The Morgan fingerprint density at radius 2 is 1.95 bits per heavy atom. The van der Waals surface area contributed by atoms with Gasteiger partial charge in [0, 0.05) is 6.54 Å². The molecule has 0 aliphatic carbocycles. The van der Waals surface area contributed by atoms with Crippen molar-refractivity contribution in [2.45, 2.75) is 17.6 Å². The van der Waals surface area contributed by atoms with E-state index < -0.39 is 10.0 Å². The monoisotopic (exact) mass is 330 g/mol. The zero-order valence-corrected chi connectivity index (χ0v) is 13.3. The van der Waals surface area contributed by atoms with Gasteiger partial charge < -0.3 is 5.73 Å². The quantitative estimate of drug-likeness (QED) is 0.852. The Morgan fingerprint density at radius 3 is 2.50 bits per heavy atom. The van der Waals surface area contributed by atoms with E-state index in [1.165, 1.54) is 10.4 Å². The number of hydrogen-bond acceptors (Lipinski definition) is 4. The number of nitrogen functional groups attached to an aromatic ring is 1. The predicted molar refractivity (Wildman–Crippen MR) is 85.0 cm³/mol. The fourth-order valence-electron chi connectivity index (χ4n) is 1.83. The molecule has 1 aromatic carbocycles. The number of hydrogen-bond donors (Lipinski definition) is 1. The molecule has 1 heterocycles. The van der Waals surface area contributed by atoms with Gasteiger partial charge in [-0.05, 0) is 30.7 Å². The van der Waals surface area contributed by atoms with Crippen molar-refractivity contribution in [3.63, 3.8) is 0 Å². The highest BCUT2D eigenvalue weighted by Crippen LogP contribution is 2.33. The van der Waals surface area contributed by atoms with E-state index in [1.54, 1.807) is 30.3 Å². The molecule has 1 aromatic heterocycles. The first-order valence-corrected chi connectivity index (χ1v) is 8.73. The Bertz CT molecular complexity index is 698. The number of benzene rings is 1. The van der Waals surface area contributed by atoms with Crippen molar-refractivity contribution < 1.29 is 8.42 Å². The van der Waals surface area contributed by atoms with Gasteiger partial charge in [-0.3, -0.25) is 4.31 Å². The highest BCUT2D eigenvalue weighted by atomic mass is 35.5. The summed E-state index contributed by atoms with van der Waals surface area (Å²) in [4.78, 5) is 0. The minimum absolute atomic E-state index is 0.221. The molecule has 0 bridgehead atoms. The Labute approximate surface area is 127 Å². The van der Waals surface area contributed by atoms with Gasteiger partial charge in [0.05, 0.1) is 15.7 Å². The molecule has 0 aliphatic rings. The highest BCUT2D eigenvalue weighted by Gasteiger charge is 2.27. The lowest BCUT2D eigenvalue weighted by atomic mass is 10.2. The first-order valence-electron chi connectivity index (χ1n) is 6.09. The third-order valence-electron chi connectivity index (χ3n) is 2.73. The zero-order chi connectivity index (χ0) is 14.8. The van der Waals surface area contributed by atoms with Gasteiger partial charge in [-0.25, -0.2) is 8.42 Å². The SMILES string of the molecule is CCCN(c1ccccc1N)S(=O)(=O)c1ccc(Cl)s1. The van der Waals surface area contributed by atoms with Crippen molar-refractivity contribution in [1.82, 2.24) is 0 Å². The topological polar surface area (TPSA) is 63.4 Å². The van der Waals surface area contributed by atoms with Crippen LogP contribution in [0.5, 0.6) is 0 Å². The van der Waals surface area contributed by atoms with Crippen molar-refractivity contribution in [1.29, 1.82) is 0 Å². The van der Waals surface area contributed by atoms with Crippen LogP contribution in [0.1, 0.15) is 13.3 Å². The van der Waals surface area contributed by atoms with Crippen molar-refractivity contribution in [2.75, 3.05) is 16.6 Å². The summed E-state index contributed by atoms with van der Waals surface area (Å²) in [5, 5.41) is 0. The maximum atomic E-state index is 12.7. The molecular weight excluding hydrogens is 316 g/mol. The number of nitrogens with zero attached hydrogens (tertiary/aromatic N) is 1. The molecule has 2 rings (SSSR count). The number of para-hydroxylation sites is 2. The molecule has 0 spiro atoms. The van der Waals surface area contributed by atoms with E-state index in [1.807, 2.05) is 6.92 Å². The van der Waals surface area contributed by atoms with Gasteiger partial charge in [-0.1, -0.05) is 30.7 Å². The van der Waals surface area contributed by atoms with E-state index in [2.05, 4.69) is 0 Å². The van der Waals surface area contributed by atoms with Crippen LogP contribution in [0.3, 0.4) is 0 Å². The number of sulfonamides is 1. The van der Waals surface area contributed by atoms with Crippen molar-refractivity contribution in [2.24, 2.45) is 0 Å². The molecule has 2 aromatic rings. The largest absolute Gasteiger partial charge is 0.397 e. The molecule has 0 fully saturated rings. The van der Waals surface area contributed by atoms with Crippen LogP contribution < -0.4 is 10.0 Å². The average molecular weight is 331 g/mol. The summed E-state index contributed by atoms with van der Waals surface area (Å²) in [6.45, 7) is 2.29.